The summed E-state index contributed by atoms with van der Waals surface area (Å²) in [6.07, 6.45) is 0. The van der Waals surface area contributed by atoms with Crippen molar-refractivity contribution in [3.63, 3.8) is 0 Å². The predicted octanol–water partition coefficient (Wildman–Crippen LogP) is 1.62. The highest BCUT2D eigenvalue weighted by molar-refractivity contribution is 7.92. The largest absolute Gasteiger partial charge is 0.360 e. The molecule has 1 saturated heterocycles. The van der Waals surface area contributed by atoms with Gasteiger partial charge in [0.2, 0.25) is 0 Å². The van der Waals surface area contributed by atoms with E-state index in [2.05, 4.69) is 15.2 Å². The van der Waals surface area contributed by atoms with Crippen LogP contribution >= 0.6 is 0 Å². The van der Waals surface area contributed by atoms with Crippen molar-refractivity contribution >= 4 is 27.4 Å². The van der Waals surface area contributed by atoms with E-state index in [9.17, 15) is 13.2 Å². The molecule has 1 aliphatic rings. The first-order valence-corrected chi connectivity index (χ1v) is 8.48. The molecular weight excluding hydrogens is 320 g/mol. The van der Waals surface area contributed by atoms with Gasteiger partial charge < -0.3 is 9.84 Å². The van der Waals surface area contributed by atoms with Gasteiger partial charge in [-0.05, 0) is 38.1 Å². The number of carbonyl (C=O) groups is 1. The van der Waals surface area contributed by atoms with Crippen LogP contribution in [0.2, 0.25) is 0 Å². The highest BCUT2D eigenvalue weighted by Crippen LogP contribution is 2.24. The zero-order chi connectivity index (χ0) is 16.6. The smallest absolute Gasteiger partial charge is 0.321 e. The third-order valence-corrected chi connectivity index (χ3v) is 5.15. The number of rotatable bonds is 4. The minimum atomic E-state index is -3.77. The molecular formula is C14H16N4O4S. The van der Waals surface area contributed by atoms with Gasteiger partial charge in [0.05, 0.1) is 0 Å². The second-order valence-corrected chi connectivity index (χ2v) is 6.81. The first-order valence-electron chi connectivity index (χ1n) is 6.99. The minimum Gasteiger partial charge on any atom is -0.360 e. The Morgan fingerprint density at radius 2 is 1.96 bits per heavy atom. The van der Waals surface area contributed by atoms with E-state index < -0.39 is 10.0 Å². The number of carbonyl (C=O) groups excluding carboxylic acids is 1. The fraction of sp³-hybridized carbons (Fsp3) is 0.286. The molecule has 0 unspecified atom stereocenters. The molecule has 0 bridgehead atoms. The van der Waals surface area contributed by atoms with E-state index in [4.69, 9.17) is 4.52 Å². The highest BCUT2D eigenvalue weighted by Gasteiger charge is 2.25. The van der Waals surface area contributed by atoms with E-state index in [1.165, 1.54) is 0 Å². The molecule has 0 spiro atoms. The van der Waals surface area contributed by atoms with Gasteiger partial charge in [-0.1, -0.05) is 5.16 Å². The lowest BCUT2D eigenvalue weighted by atomic mass is 10.2. The summed E-state index contributed by atoms with van der Waals surface area (Å²) in [4.78, 5) is 13.2. The fourth-order valence-corrected chi connectivity index (χ4v) is 3.88. The number of amides is 2. The van der Waals surface area contributed by atoms with Crippen LogP contribution in [0.15, 0.2) is 33.7 Å². The van der Waals surface area contributed by atoms with Gasteiger partial charge in [0.15, 0.2) is 10.7 Å². The van der Waals surface area contributed by atoms with Gasteiger partial charge >= 0.3 is 6.03 Å². The van der Waals surface area contributed by atoms with E-state index in [0.717, 1.165) is 0 Å². The molecule has 0 atom stereocenters. The Bertz CT molecular complexity index is 823. The van der Waals surface area contributed by atoms with Crippen LogP contribution in [0.3, 0.4) is 0 Å². The predicted molar refractivity (Wildman–Crippen MR) is 84.0 cm³/mol. The van der Waals surface area contributed by atoms with Gasteiger partial charge in [-0.2, -0.15) is 0 Å². The van der Waals surface area contributed by atoms with Crippen LogP contribution in [0.1, 0.15) is 11.5 Å². The second kappa shape index (κ2) is 5.58. The molecule has 3 rings (SSSR count). The number of anilines is 2. The van der Waals surface area contributed by atoms with Crippen molar-refractivity contribution in [2.24, 2.45) is 0 Å². The Balaban J connectivity index is 1.82. The number of hydrogen-bond donors (Lipinski definition) is 2. The van der Waals surface area contributed by atoms with Gasteiger partial charge in [-0.3, -0.25) is 9.62 Å². The van der Waals surface area contributed by atoms with Crippen LogP contribution in [0.4, 0.5) is 16.2 Å². The molecule has 2 amide bonds. The average molecular weight is 336 g/mol. The van der Waals surface area contributed by atoms with Gasteiger partial charge in [-0.15, -0.1) is 0 Å². The number of nitrogens with one attached hydrogen (secondary N) is 2. The SMILES string of the molecule is Cc1noc(C)c1S(=O)(=O)Nc1ccc(N2CCNC2=O)cc1. The molecule has 122 valence electrons. The van der Waals surface area contributed by atoms with E-state index in [0.29, 0.717) is 30.2 Å². The molecule has 2 aromatic rings. The summed E-state index contributed by atoms with van der Waals surface area (Å²) in [5, 5.41) is 6.36. The molecule has 9 heteroatoms. The van der Waals surface area contributed by atoms with Crippen LogP contribution in [-0.4, -0.2) is 32.7 Å². The van der Waals surface area contributed by atoms with E-state index in [-0.39, 0.29) is 16.7 Å². The summed E-state index contributed by atoms with van der Waals surface area (Å²) in [7, 11) is -3.77. The van der Waals surface area contributed by atoms with E-state index >= 15 is 0 Å². The lowest BCUT2D eigenvalue weighted by Gasteiger charge is -2.15. The maximum absolute atomic E-state index is 12.4. The molecule has 0 aliphatic carbocycles. The Labute approximate surface area is 133 Å². The Hall–Kier alpha value is -2.55. The monoisotopic (exact) mass is 336 g/mol. The lowest BCUT2D eigenvalue weighted by molar-refractivity contribution is 0.252. The summed E-state index contributed by atoms with van der Waals surface area (Å²) in [5.74, 6) is 0.236. The summed E-state index contributed by atoms with van der Waals surface area (Å²) >= 11 is 0. The minimum absolute atomic E-state index is 0.0421. The third kappa shape index (κ3) is 2.87. The average Bonchev–Trinajstić information content (AvgIpc) is 3.05. The van der Waals surface area contributed by atoms with Gasteiger partial charge in [0, 0.05) is 24.5 Å². The van der Waals surface area contributed by atoms with Crippen molar-refractivity contribution < 1.29 is 17.7 Å². The quantitative estimate of drug-likeness (QED) is 0.883. The van der Waals surface area contributed by atoms with Crippen LogP contribution in [0.5, 0.6) is 0 Å². The summed E-state index contributed by atoms with van der Waals surface area (Å²) < 4.78 is 32.2. The van der Waals surface area contributed by atoms with Crippen molar-refractivity contribution in [3.8, 4) is 0 Å². The number of sulfonamides is 1. The van der Waals surface area contributed by atoms with Gasteiger partial charge in [-0.25, -0.2) is 13.2 Å². The Morgan fingerprint density at radius 3 is 2.48 bits per heavy atom. The number of aryl methyl sites for hydroxylation is 2. The molecule has 2 heterocycles. The molecule has 1 aliphatic heterocycles. The van der Waals surface area contributed by atoms with Crippen molar-refractivity contribution in [1.82, 2.24) is 10.5 Å². The Morgan fingerprint density at radius 1 is 1.26 bits per heavy atom. The number of urea groups is 1. The normalized spacial score (nSPS) is 14.9. The zero-order valence-electron chi connectivity index (χ0n) is 12.7. The lowest BCUT2D eigenvalue weighted by Crippen LogP contribution is -2.27. The van der Waals surface area contributed by atoms with Crippen molar-refractivity contribution in [2.45, 2.75) is 18.7 Å². The summed E-state index contributed by atoms with van der Waals surface area (Å²) in [5.41, 5.74) is 1.41. The van der Waals surface area contributed by atoms with Crippen molar-refractivity contribution in [2.75, 3.05) is 22.7 Å². The van der Waals surface area contributed by atoms with Crippen LogP contribution < -0.4 is 14.9 Å². The molecule has 0 saturated carbocycles. The molecule has 0 radical (unpaired) electrons. The van der Waals surface area contributed by atoms with Crippen LogP contribution in [0, 0.1) is 13.8 Å². The number of aromatic nitrogens is 1. The first kappa shape index (κ1) is 15.3. The van der Waals surface area contributed by atoms with E-state index in [1.807, 2.05) is 0 Å². The molecule has 1 aromatic carbocycles. The first-order chi connectivity index (χ1) is 10.9. The summed E-state index contributed by atoms with van der Waals surface area (Å²) in [6.45, 7) is 4.30. The van der Waals surface area contributed by atoms with Gasteiger partial charge in [0.1, 0.15) is 5.69 Å². The van der Waals surface area contributed by atoms with Crippen LogP contribution in [0.25, 0.3) is 0 Å². The van der Waals surface area contributed by atoms with Crippen molar-refractivity contribution in [3.05, 3.63) is 35.7 Å². The standard InChI is InChI=1S/C14H16N4O4S/c1-9-13(10(2)22-16-9)23(20,21)17-11-3-5-12(6-4-11)18-8-7-15-14(18)19/h3-6,17H,7-8H2,1-2H3,(H,15,19). The Kier molecular flexibility index (Phi) is 3.72. The molecule has 2 N–H and O–H groups in total. The second-order valence-electron chi connectivity index (χ2n) is 5.19. The van der Waals surface area contributed by atoms with E-state index in [1.54, 1.807) is 43.0 Å². The van der Waals surface area contributed by atoms with Crippen LogP contribution in [-0.2, 0) is 10.0 Å². The maximum Gasteiger partial charge on any atom is 0.321 e. The summed E-state index contributed by atoms with van der Waals surface area (Å²) in [6, 6.07) is 6.44. The number of benzene rings is 1. The van der Waals surface area contributed by atoms with Gasteiger partial charge in [0.25, 0.3) is 10.0 Å². The zero-order valence-corrected chi connectivity index (χ0v) is 13.5. The molecule has 8 nitrogen and oxygen atoms in total. The topological polar surface area (TPSA) is 105 Å². The molecule has 1 fully saturated rings. The maximum atomic E-state index is 12.4. The number of nitrogens with zero attached hydrogens (tertiary/aromatic N) is 2. The molecule has 23 heavy (non-hydrogen) atoms. The fourth-order valence-electron chi connectivity index (χ4n) is 2.49. The third-order valence-electron chi connectivity index (χ3n) is 3.52. The molecule has 1 aromatic heterocycles. The number of hydrogen-bond acceptors (Lipinski definition) is 5. The highest BCUT2D eigenvalue weighted by atomic mass is 32.2. The van der Waals surface area contributed by atoms with Crippen molar-refractivity contribution in [1.29, 1.82) is 0 Å².